The molecule has 0 N–H and O–H groups in total. The molecule has 1 aromatic heterocycles. The summed E-state index contributed by atoms with van der Waals surface area (Å²) in [7, 11) is 0. The summed E-state index contributed by atoms with van der Waals surface area (Å²) in [6, 6.07) is 26.7. The largest absolute Gasteiger partial charge is 0.272 e. The van der Waals surface area contributed by atoms with Gasteiger partial charge in [0.15, 0.2) is 4.80 Å². The van der Waals surface area contributed by atoms with Crippen LogP contribution in [0.5, 0.6) is 0 Å². The lowest BCUT2D eigenvalue weighted by molar-refractivity contribution is 0.585. The van der Waals surface area contributed by atoms with Gasteiger partial charge in [-0.3, -0.25) is 9.36 Å². The molecule has 0 radical (unpaired) electrons. The lowest BCUT2D eigenvalue weighted by Crippen LogP contribution is -2.38. The van der Waals surface area contributed by atoms with Crippen molar-refractivity contribution in [3.8, 4) is 0 Å². The van der Waals surface area contributed by atoms with E-state index in [9.17, 15) is 4.79 Å². The summed E-state index contributed by atoms with van der Waals surface area (Å²) in [6.45, 7) is 0. The number of hydrogen-bond donors (Lipinski definition) is 0. The molecule has 6 rings (SSSR count). The predicted molar refractivity (Wildman–Crippen MR) is 133 cm³/mol. The number of hydrogen-bond acceptors (Lipinski definition) is 3. The van der Waals surface area contributed by atoms with Crippen LogP contribution in [0.1, 0.15) is 34.7 Å². The lowest BCUT2D eigenvalue weighted by atomic mass is 9.83. The molecule has 4 aromatic rings. The van der Waals surface area contributed by atoms with Gasteiger partial charge in [-0.15, -0.1) is 0 Å². The number of halogens is 1. The first-order chi connectivity index (χ1) is 15.7. The van der Waals surface area contributed by atoms with Crippen LogP contribution in [0, 0.1) is 0 Å². The van der Waals surface area contributed by atoms with Gasteiger partial charge in [0.2, 0.25) is 0 Å². The Labute approximate surface area is 197 Å². The van der Waals surface area contributed by atoms with Crippen molar-refractivity contribution < 1.29 is 0 Å². The van der Waals surface area contributed by atoms with Gasteiger partial charge in [-0.05, 0) is 53.3 Å². The summed E-state index contributed by atoms with van der Waals surface area (Å²) in [6.07, 6.45) is 3.85. The minimum absolute atomic E-state index is 0.0240. The average molecular weight is 499 g/mol. The van der Waals surface area contributed by atoms with E-state index in [1.165, 1.54) is 28.0 Å². The number of aromatic nitrogens is 1. The number of rotatable bonds is 2. The highest BCUT2D eigenvalue weighted by Gasteiger charge is 2.32. The zero-order chi connectivity index (χ0) is 21.7. The van der Waals surface area contributed by atoms with Gasteiger partial charge < -0.3 is 0 Å². The first-order valence-electron chi connectivity index (χ1n) is 10.6. The van der Waals surface area contributed by atoms with Crippen LogP contribution < -0.4 is 14.9 Å². The van der Waals surface area contributed by atoms with E-state index in [1.807, 2.05) is 53.1 Å². The number of thiazole rings is 1. The van der Waals surface area contributed by atoms with Crippen molar-refractivity contribution in [2.75, 3.05) is 0 Å². The molecule has 0 spiro atoms. The highest BCUT2D eigenvalue weighted by molar-refractivity contribution is 9.10. The molecule has 3 aromatic carbocycles. The molecule has 0 unspecified atom stereocenters. The second-order valence-electron chi connectivity index (χ2n) is 8.08. The van der Waals surface area contributed by atoms with Crippen molar-refractivity contribution in [1.29, 1.82) is 0 Å². The minimum atomic E-state index is -0.122. The Morgan fingerprint density at radius 1 is 0.938 bits per heavy atom. The molecule has 156 valence electrons. The fourth-order valence-electron chi connectivity index (χ4n) is 4.67. The van der Waals surface area contributed by atoms with Crippen LogP contribution in [-0.2, 0) is 6.42 Å². The quantitative estimate of drug-likeness (QED) is 0.379. The van der Waals surface area contributed by atoms with Gasteiger partial charge in [-0.2, -0.15) is 0 Å². The molecular weight excluding hydrogens is 480 g/mol. The molecule has 0 fully saturated rings. The van der Waals surface area contributed by atoms with Gasteiger partial charge in [0.25, 0.3) is 5.56 Å². The number of fused-ring (bicyclic) bond motifs is 3. The first kappa shape index (κ1) is 19.6. The van der Waals surface area contributed by atoms with Gasteiger partial charge in [-0.1, -0.05) is 94.0 Å². The van der Waals surface area contributed by atoms with Crippen molar-refractivity contribution in [1.82, 2.24) is 4.57 Å². The summed E-state index contributed by atoms with van der Waals surface area (Å²) in [5.74, 6) is 0. The van der Waals surface area contributed by atoms with Crippen LogP contribution in [0.25, 0.3) is 11.8 Å². The highest BCUT2D eigenvalue weighted by atomic mass is 79.9. The van der Waals surface area contributed by atoms with E-state index in [0.29, 0.717) is 4.53 Å². The fraction of sp³-hybridized carbons (Fsp3) is 0.111. The zero-order valence-electron chi connectivity index (χ0n) is 17.2. The van der Waals surface area contributed by atoms with Gasteiger partial charge >= 0.3 is 0 Å². The van der Waals surface area contributed by atoms with Crippen LogP contribution >= 0.6 is 27.3 Å². The van der Waals surface area contributed by atoms with Crippen molar-refractivity contribution in [3.05, 3.63) is 131 Å². The summed E-state index contributed by atoms with van der Waals surface area (Å²) < 4.78 is 3.63. The van der Waals surface area contributed by atoms with E-state index in [1.54, 1.807) is 0 Å². The predicted octanol–water partition coefficient (Wildman–Crippen LogP) is 5.08. The van der Waals surface area contributed by atoms with Crippen LogP contribution in [0.15, 0.2) is 98.7 Å². The molecule has 1 atom stereocenters. The Hall–Kier alpha value is -3.02. The summed E-state index contributed by atoms with van der Waals surface area (Å²) >= 11 is 4.95. The van der Waals surface area contributed by atoms with Crippen molar-refractivity contribution in [2.45, 2.75) is 18.9 Å². The third kappa shape index (κ3) is 3.24. The molecule has 3 nitrogen and oxygen atoms in total. The van der Waals surface area contributed by atoms with E-state index in [-0.39, 0.29) is 11.6 Å². The summed E-state index contributed by atoms with van der Waals surface area (Å²) in [4.78, 5) is 19.5. The summed E-state index contributed by atoms with van der Waals surface area (Å²) in [5, 5.41) is 0. The molecule has 0 amide bonds. The SMILES string of the molecule is O=c1/c(=C/c2ccc(Br)cc2)sc2n1[C@@H](c1ccccc1)C1=C(N=2)c2ccccc2CC1. The van der Waals surface area contributed by atoms with Crippen LogP contribution in [-0.4, -0.2) is 4.57 Å². The maximum Gasteiger partial charge on any atom is 0.271 e. The topological polar surface area (TPSA) is 34.4 Å². The molecule has 1 aliphatic heterocycles. The Morgan fingerprint density at radius 3 is 2.50 bits per heavy atom. The third-order valence-corrected chi connectivity index (χ3v) is 7.67. The van der Waals surface area contributed by atoms with E-state index < -0.39 is 0 Å². The van der Waals surface area contributed by atoms with E-state index in [4.69, 9.17) is 4.99 Å². The molecular formula is C27H19BrN2OS. The standard InChI is InChI=1S/C27H19BrN2OS/c28-20-13-10-17(11-14-20)16-23-26(31)30-25(19-7-2-1-3-8-19)22-15-12-18-6-4-5-9-21(18)24(22)29-27(30)32-23/h1-11,13-14,16,25H,12,15H2/b23-16-/t25-/m0/s1. The normalized spacial score (nSPS) is 17.4. The fourth-order valence-corrected chi connectivity index (χ4v) is 5.93. The molecule has 0 bridgehead atoms. The molecule has 0 saturated carbocycles. The van der Waals surface area contributed by atoms with Crippen molar-refractivity contribution >= 4 is 39.0 Å². The molecule has 5 heteroatoms. The molecule has 2 aliphatic rings. The van der Waals surface area contributed by atoms with E-state index >= 15 is 0 Å². The number of aryl methyl sites for hydroxylation is 1. The van der Waals surface area contributed by atoms with Crippen LogP contribution in [0.2, 0.25) is 0 Å². The third-order valence-electron chi connectivity index (χ3n) is 6.16. The minimum Gasteiger partial charge on any atom is -0.272 e. The molecule has 32 heavy (non-hydrogen) atoms. The van der Waals surface area contributed by atoms with Gasteiger partial charge in [0.05, 0.1) is 16.3 Å². The second-order valence-corrected chi connectivity index (χ2v) is 10.0. The average Bonchev–Trinajstić information content (AvgIpc) is 3.14. The maximum atomic E-state index is 13.6. The lowest BCUT2D eigenvalue weighted by Gasteiger charge is -2.30. The molecule has 0 saturated heterocycles. The van der Waals surface area contributed by atoms with E-state index in [2.05, 4.69) is 52.3 Å². The Morgan fingerprint density at radius 2 is 1.69 bits per heavy atom. The number of allylic oxidation sites excluding steroid dienone is 1. The molecule has 2 heterocycles. The van der Waals surface area contributed by atoms with Crippen LogP contribution in [0.4, 0.5) is 0 Å². The molecule has 1 aliphatic carbocycles. The Kier molecular flexibility index (Phi) is 4.81. The number of benzene rings is 3. The van der Waals surface area contributed by atoms with E-state index in [0.717, 1.165) is 38.9 Å². The second kappa shape index (κ2) is 7.84. The highest BCUT2D eigenvalue weighted by Crippen LogP contribution is 2.41. The van der Waals surface area contributed by atoms with Gasteiger partial charge in [0.1, 0.15) is 0 Å². The maximum absolute atomic E-state index is 13.6. The number of nitrogens with zero attached hydrogens (tertiary/aromatic N) is 2. The van der Waals surface area contributed by atoms with Gasteiger partial charge in [-0.25, -0.2) is 4.99 Å². The monoisotopic (exact) mass is 498 g/mol. The Bertz CT molecular complexity index is 1550. The first-order valence-corrected chi connectivity index (χ1v) is 12.2. The Balaban J connectivity index is 1.62. The van der Waals surface area contributed by atoms with Crippen molar-refractivity contribution in [2.24, 2.45) is 4.99 Å². The van der Waals surface area contributed by atoms with Crippen molar-refractivity contribution in [3.63, 3.8) is 0 Å². The van der Waals surface area contributed by atoms with Crippen LogP contribution in [0.3, 0.4) is 0 Å². The smallest absolute Gasteiger partial charge is 0.271 e. The zero-order valence-corrected chi connectivity index (χ0v) is 19.6. The van der Waals surface area contributed by atoms with Gasteiger partial charge in [0, 0.05) is 10.0 Å². The summed E-state index contributed by atoms with van der Waals surface area (Å²) in [5.41, 5.74) is 6.95.